The molecular weight excluding hydrogens is 406 g/mol. The lowest BCUT2D eigenvalue weighted by Gasteiger charge is -2.12. The summed E-state index contributed by atoms with van der Waals surface area (Å²) in [7, 11) is -3.45. The van der Waals surface area contributed by atoms with Gasteiger partial charge in [-0.1, -0.05) is 41.6 Å². The van der Waals surface area contributed by atoms with Crippen molar-refractivity contribution in [2.24, 2.45) is 5.92 Å². The molecule has 0 bridgehead atoms. The molecule has 0 atom stereocenters. The Morgan fingerprint density at radius 1 is 1.20 bits per heavy atom. The summed E-state index contributed by atoms with van der Waals surface area (Å²) in [4.78, 5) is 0.293. The molecule has 0 aromatic heterocycles. The van der Waals surface area contributed by atoms with Crippen molar-refractivity contribution < 1.29 is 8.42 Å². The molecule has 0 heterocycles. The van der Waals surface area contributed by atoms with Gasteiger partial charge in [0.25, 0.3) is 0 Å². The standard InChI is InChI=1S/C14H19Br2NO2S/c1-10-8-13(16)14(9-12(10)15)20(18,19)17-7-6-11-4-2-3-5-11/h8-9,11,17H,2-7H2,1H3. The number of halogens is 2. The second-order valence-corrected chi connectivity index (χ2v) is 8.81. The van der Waals surface area contributed by atoms with Crippen molar-refractivity contribution in [3.05, 3.63) is 26.6 Å². The molecular formula is C14H19Br2NO2S. The summed E-state index contributed by atoms with van der Waals surface area (Å²) in [5, 5.41) is 0. The first-order chi connectivity index (χ1) is 9.40. The number of hydrogen-bond acceptors (Lipinski definition) is 2. The minimum atomic E-state index is -3.45. The van der Waals surface area contributed by atoms with E-state index in [0.717, 1.165) is 16.5 Å². The monoisotopic (exact) mass is 423 g/mol. The van der Waals surface area contributed by atoms with Gasteiger partial charge in [0.1, 0.15) is 0 Å². The van der Waals surface area contributed by atoms with Crippen LogP contribution in [0.3, 0.4) is 0 Å². The van der Waals surface area contributed by atoms with Gasteiger partial charge in [0, 0.05) is 15.5 Å². The first-order valence-electron chi connectivity index (χ1n) is 6.85. The third-order valence-corrected chi connectivity index (χ3v) is 7.10. The Morgan fingerprint density at radius 3 is 2.50 bits per heavy atom. The molecule has 2 rings (SSSR count). The number of rotatable bonds is 5. The van der Waals surface area contributed by atoms with Crippen LogP contribution in [0.4, 0.5) is 0 Å². The highest BCUT2D eigenvalue weighted by Crippen LogP contribution is 2.29. The first-order valence-corrected chi connectivity index (χ1v) is 9.92. The van der Waals surface area contributed by atoms with Crippen molar-refractivity contribution in [3.8, 4) is 0 Å². The predicted octanol–water partition coefficient (Wildman–Crippen LogP) is 4.38. The predicted molar refractivity (Wildman–Crippen MR) is 88.3 cm³/mol. The maximum Gasteiger partial charge on any atom is 0.241 e. The number of nitrogens with one attached hydrogen (secondary N) is 1. The fourth-order valence-corrected chi connectivity index (χ4v) is 5.33. The van der Waals surface area contributed by atoms with Crippen LogP contribution in [0.15, 0.2) is 26.0 Å². The van der Waals surface area contributed by atoms with Crippen LogP contribution < -0.4 is 4.72 Å². The van der Waals surface area contributed by atoms with Crippen molar-refractivity contribution in [3.63, 3.8) is 0 Å². The Kier molecular flexibility index (Phi) is 5.68. The second kappa shape index (κ2) is 6.90. The number of sulfonamides is 1. The molecule has 1 fully saturated rings. The number of hydrogen-bond donors (Lipinski definition) is 1. The van der Waals surface area contributed by atoms with Gasteiger partial charge in [-0.05, 0) is 52.9 Å². The summed E-state index contributed by atoms with van der Waals surface area (Å²) in [6.45, 7) is 2.45. The third kappa shape index (κ3) is 4.06. The van der Waals surface area contributed by atoms with Crippen LogP contribution in [0.5, 0.6) is 0 Å². The molecule has 0 aliphatic heterocycles. The molecule has 0 saturated heterocycles. The highest BCUT2D eigenvalue weighted by Gasteiger charge is 2.20. The fourth-order valence-electron chi connectivity index (χ4n) is 2.61. The molecule has 6 heteroatoms. The molecule has 0 spiro atoms. The van der Waals surface area contributed by atoms with E-state index in [1.165, 1.54) is 25.7 Å². The lowest BCUT2D eigenvalue weighted by Crippen LogP contribution is -2.26. The molecule has 0 unspecified atom stereocenters. The van der Waals surface area contributed by atoms with Crippen LogP contribution >= 0.6 is 31.9 Å². The second-order valence-electron chi connectivity index (χ2n) is 5.37. The van der Waals surface area contributed by atoms with E-state index in [1.807, 2.05) is 13.0 Å². The van der Waals surface area contributed by atoms with E-state index in [1.54, 1.807) is 6.07 Å². The van der Waals surface area contributed by atoms with Gasteiger partial charge < -0.3 is 0 Å². The Labute approximate surface area is 137 Å². The number of benzene rings is 1. The molecule has 112 valence electrons. The van der Waals surface area contributed by atoms with E-state index >= 15 is 0 Å². The molecule has 0 radical (unpaired) electrons. The topological polar surface area (TPSA) is 46.2 Å². The quantitative estimate of drug-likeness (QED) is 0.762. The average molecular weight is 425 g/mol. The largest absolute Gasteiger partial charge is 0.241 e. The molecule has 1 N–H and O–H groups in total. The maximum absolute atomic E-state index is 12.3. The van der Waals surface area contributed by atoms with Crippen LogP contribution in [0.1, 0.15) is 37.7 Å². The van der Waals surface area contributed by atoms with Gasteiger partial charge in [0.15, 0.2) is 0 Å². The SMILES string of the molecule is Cc1cc(Br)c(S(=O)(=O)NCCC2CCCC2)cc1Br. The molecule has 1 saturated carbocycles. The normalized spacial score (nSPS) is 16.8. The van der Waals surface area contributed by atoms with E-state index in [-0.39, 0.29) is 0 Å². The van der Waals surface area contributed by atoms with E-state index in [9.17, 15) is 8.42 Å². The fraction of sp³-hybridized carbons (Fsp3) is 0.571. The van der Waals surface area contributed by atoms with Crippen LogP contribution in [0.25, 0.3) is 0 Å². The van der Waals surface area contributed by atoms with E-state index < -0.39 is 10.0 Å². The molecule has 3 nitrogen and oxygen atoms in total. The van der Waals surface area contributed by atoms with Gasteiger partial charge in [-0.15, -0.1) is 0 Å². The molecule has 0 amide bonds. The zero-order chi connectivity index (χ0) is 14.8. The van der Waals surface area contributed by atoms with Gasteiger partial charge >= 0.3 is 0 Å². The Balaban J connectivity index is 2.04. The Hall–Kier alpha value is 0.0900. The van der Waals surface area contributed by atoms with Gasteiger partial charge in [-0.25, -0.2) is 13.1 Å². The van der Waals surface area contributed by atoms with E-state index in [2.05, 4.69) is 36.6 Å². The summed E-state index contributed by atoms with van der Waals surface area (Å²) in [6, 6.07) is 3.47. The van der Waals surface area contributed by atoms with E-state index in [4.69, 9.17) is 0 Å². The minimum Gasteiger partial charge on any atom is -0.211 e. The van der Waals surface area contributed by atoms with Gasteiger partial charge in [-0.3, -0.25) is 0 Å². The molecule has 1 aromatic carbocycles. The summed E-state index contributed by atoms with van der Waals surface area (Å²) in [5.41, 5.74) is 1.00. The molecule has 1 aliphatic carbocycles. The third-order valence-electron chi connectivity index (χ3n) is 3.82. The maximum atomic E-state index is 12.3. The highest BCUT2D eigenvalue weighted by atomic mass is 79.9. The van der Waals surface area contributed by atoms with Crippen molar-refractivity contribution in [2.75, 3.05) is 6.54 Å². The number of aryl methyl sites for hydroxylation is 1. The smallest absolute Gasteiger partial charge is 0.211 e. The molecule has 1 aliphatic rings. The minimum absolute atomic E-state index is 0.293. The van der Waals surface area contributed by atoms with Gasteiger partial charge in [0.05, 0.1) is 4.90 Å². The Morgan fingerprint density at radius 2 is 1.85 bits per heavy atom. The summed E-state index contributed by atoms with van der Waals surface area (Å²) < 4.78 is 28.8. The lowest BCUT2D eigenvalue weighted by molar-refractivity contribution is 0.495. The summed E-state index contributed by atoms with van der Waals surface area (Å²) in [6.07, 6.45) is 5.98. The lowest BCUT2D eigenvalue weighted by atomic mass is 10.1. The van der Waals surface area contributed by atoms with Crippen LogP contribution in [-0.4, -0.2) is 15.0 Å². The highest BCUT2D eigenvalue weighted by molar-refractivity contribution is 9.11. The van der Waals surface area contributed by atoms with Crippen molar-refractivity contribution >= 4 is 41.9 Å². The van der Waals surface area contributed by atoms with Crippen LogP contribution in [0, 0.1) is 12.8 Å². The van der Waals surface area contributed by atoms with Crippen molar-refractivity contribution in [1.29, 1.82) is 0 Å². The summed E-state index contributed by atoms with van der Waals surface area (Å²) >= 11 is 6.72. The molecule has 1 aromatic rings. The van der Waals surface area contributed by atoms with Crippen molar-refractivity contribution in [1.82, 2.24) is 4.72 Å². The molecule has 20 heavy (non-hydrogen) atoms. The zero-order valence-electron chi connectivity index (χ0n) is 11.5. The van der Waals surface area contributed by atoms with Crippen molar-refractivity contribution in [2.45, 2.75) is 43.9 Å². The average Bonchev–Trinajstić information content (AvgIpc) is 2.86. The zero-order valence-corrected chi connectivity index (χ0v) is 15.4. The van der Waals surface area contributed by atoms with Crippen LogP contribution in [-0.2, 0) is 10.0 Å². The summed E-state index contributed by atoms with van der Waals surface area (Å²) in [5.74, 6) is 0.686. The van der Waals surface area contributed by atoms with Gasteiger partial charge in [-0.2, -0.15) is 0 Å². The van der Waals surface area contributed by atoms with Gasteiger partial charge in [0.2, 0.25) is 10.0 Å². The van der Waals surface area contributed by atoms with E-state index in [0.29, 0.717) is 21.8 Å². The van der Waals surface area contributed by atoms with Crippen LogP contribution in [0.2, 0.25) is 0 Å². The Bertz CT molecular complexity index is 581. The first kappa shape index (κ1) is 16.5.